The van der Waals surface area contributed by atoms with E-state index in [9.17, 15) is 4.79 Å². The summed E-state index contributed by atoms with van der Waals surface area (Å²) in [5.41, 5.74) is 2.05. The molecule has 1 aromatic heterocycles. The Hall–Kier alpha value is -1.97. The van der Waals surface area contributed by atoms with Crippen LogP contribution < -0.4 is 5.32 Å². The van der Waals surface area contributed by atoms with Gasteiger partial charge in [0.1, 0.15) is 5.69 Å². The molecule has 0 spiro atoms. The first-order valence-electron chi connectivity index (χ1n) is 6.37. The van der Waals surface area contributed by atoms with E-state index in [0.29, 0.717) is 21.4 Å². The molecule has 0 aliphatic heterocycles. The second-order valence-electron chi connectivity index (χ2n) is 4.73. The van der Waals surface area contributed by atoms with E-state index in [-0.39, 0.29) is 5.91 Å². The van der Waals surface area contributed by atoms with Crippen LogP contribution in [0.15, 0.2) is 48.5 Å². The van der Waals surface area contributed by atoms with Crippen LogP contribution in [0.3, 0.4) is 0 Å². The minimum atomic E-state index is -0.210. The zero-order chi connectivity index (χ0) is 15.0. The number of rotatable bonds is 2. The number of nitrogens with one attached hydrogen (secondary N) is 1. The van der Waals surface area contributed by atoms with Gasteiger partial charge in [0.2, 0.25) is 0 Å². The van der Waals surface area contributed by atoms with Gasteiger partial charge >= 0.3 is 0 Å². The van der Waals surface area contributed by atoms with Crippen LogP contribution in [0, 0.1) is 0 Å². The van der Waals surface area contributed by atoms with Crippen LogP contribution in [0.25, 0.3) is 10.9 Å². The average Bonchev–Trinajstić information content (AvgIpc) is 2.79. The molecular formula is C16H12Cl2N2O. The Labute approximate surface area is 132 Å². The van der Waals surface area contributed by atoms with Crippen molar-refractivity contribution in [2.24, 2.45) is 7.05 Å². The molecule has 0 bridgehead atoms. The van der Waals surface area contributed by atoms with Gasteiger partial charge in [-0.1, -0.05) is 41.4 Å². The second-order valence-corrected chi connectivity index (χ2v) is 5.57. The van der Waals surface area contributed by atoms with Crippen molar-refractivity contribution in [3.05, 3.63) is 64.3 Å². The Morgan fingerprint density at radius 3 is 2.62 bits per heavy atom. The normalized spacial score (nSPS) is 10.8. The number of benzene rings is 2. The van der Waals surface area contributed by atoms with Crippen molar-refractivity contribution in [2.45, 2.75) is 0 Å². The maximum absolute atomic E-state index is 12.4. The molecule has 0 aliphatic carbocycles. The third-order valence-corrected chi connectivity index (χ3v) is 3.93. The van der Waals surface area contributed by atoms with E-state index in [1.54, 1.807) is 18.2 Å². The summed E-state index contributed by atoms with van der Waals surface area (Å²) in [4.78, 5) is 12.4. The number of hydrogen-bond donors (Lipinski definition) is 1. The topological polar surface area (TPSA) is 34.0 Å². The van der Waals surface area contributed by atoms with Gasteiger partial charge < -0.3 is 9.88 Å². The number of amides is 1. The van der Waals surface area contributed by atoms with Gasteiger partial charge in [0.25, 0.3) is 5.91 Å². The molecule has 0 saturated heterocycles. The Bertz CT molecular complexity index is 839. The lowest BCUT2D eigenvalue weighted by Crippen LogP contribution is -2.15. The summed E-state index contributed by atoms with van der Waals surface area (Å²) in [5, 5.41) is 4.93. The third-order valence-electron chi connectivity index (χ3n) is 3.36. The first kappa shape index (κ1) is 14.0. The molecule has 2 aromatic carbocycles. The lowest BCUT2D eigenvalue weighted by molar-refractivity contribution is 0.102. The summed E-state index contributed by atoms with van der Waals surface area (Å²) >= 11 is 12.1. The third kappa shape index (κ3) is 2.62. The van der Waals surface area contributed by atoms with Gasteiger partial charge in [0.15, 0.2) is 0 Å². The first-order chi connectivity index (χ1) is 10.1. The molecule has 3 aromatic rings. The van der Waals surface area contributed by atoms with Crippen LogP contribution in [0.2, 0.25) is 10.0 Å². The zero-order valence-electron chi connectivity index (χ0n) is 11.2. The average molecular weight is 319 g/mol. The molecule has 106 valence electrons. The number of para-hydroxylation sites is 1. The van der Waals surface area contributed by atoms with Gasteiger partial charge in [0.05, 0.1) is 10.7 Å². The van der Waals surface area contributed by atoms with Gasteiger partial charge in [-0.2, -0.15) is 0 Å². The van der Waals surface area contributed by atoms with Crippen molar-refractivity contribution in [3.63, 3.8) is 0 Å². The summed E-state index contributed by atoms with van der Waals surface area (Å²) < 4.78 is 1.81. The minimum Gasteiger partial charge on any atom is -0.340 e. The van der Waals surface area contributed by atoms with Crippen molar-refractivity contribution >= 4 is 45.7 Å². The predicted molar refractivity (Wildman–Crippen MR) is 87.3 cm³/mol. The fourth-order valence-electron chi connectivity index (χ4n) is 2.27. The molecule has 3 rings (SSSR count). The minimum absolute atomic E-state index is 0.210. The molecule has 1 N–H and O–H groups in total. The molecule has 0 atom stereocenters. The van der Waals surface area contributed by atoms with E-state index in [0.717, 1.165) is 10.9 Å². The molecule has 0 unspecified atom stereocenters. The van der Waals surface area contributed by atoms with Crippen molar-refractivity contribution < 1.29 is 4.79 Å². The summed E-state index contributed by atoms with van der Waals surface area (Å²) in [7, 11) is 1.83. The van der Waals surface area contributed by atoms with E-state index in [2.05, 4.69) is 5.32 Å². The zero-order valence-corrected chi connectivity index (χ0v) is 12.7. The number of nitrogens with zero attached hydrogens (tertiary/aromatic N) is 1. The number of carbonyl (C=O) groups excluding carboxylic acids is 1. The van der Waals surface area contributed by atoms with E-state index in [4.69, 9.17) is 23.2 Å². The van der Waals surface area contributed by atoms with E-state index in [1.165, 1.54) is 0 Å². The fraction of sp³-hybridized carbons (Fsp3) is 0.0625. The van der Waals surface area contributed by atoms with Crippen molar-refractivity contribution in [1.82, 2.24) is 4.57 Å². The van der Waals surface area contributed by atoms with E-state index < -0.39 is 0 Å². The van der Waals surface area contributed by atoms with Gasteiger partial charge in [-0.05, 0) is 30.3 Å². The van der Waals surface area contributed by atoms with E-state index >= 15 is 0 Å². The standard InChI is InChI=1S/C16H12Cl2N2O/c1-20-14-9-11(17)7-6-10(14)8-15(20)16(21)19-13-5-3-2-4-12(13)18/h2-9H,1H3,(H,19,21). The van der Waals surface area contributed by atoms with Crippen LogP contribution in [0.1, 0.15) is 10.5 Å². The van der Waals surface area contributed by atoms with E-state index in [1.807, 2.05) is 41.9 Å². The summed E-state index contributed by atoms with van der Waals surface area (Å²) in [6.45, 7) is 0. The number of carbonyl (C=O) groups is 1. The van der Waals surface area contributed by atoms with Gasteiger partial charge in [0, 0.05) is 23.0 Å². The van der Waals surface area contributed by atoms with Crippen LogP contribution in [0.5, 0.6) is 0 Å². The first-order valence-corrected chi connectivity index (χ1v) is 7.13. The van der Waals surface area contributed by atoms with Gasteiger partial charge in [-0.15, -0.1) is 0 Å². The predicted octanol–water partition coefficient (Wildman–Crippen LogP) is 4.74. The van der Waals surface area contributed by atoms with Crippen LogP contribution >= 0.6 is 23.2 Å². The number of anilines is 1. The number of aromatic nitrogens is 1. The fourth-order valence-corrected chi connectivity index (χ4v) is 2.62. The van der Waals surface area contributed by atoms with Crippen molar-refractivity contribution in [1.29, 1.82) is 0 Å². The largest absolute Gasteiger partial charge is 0.340 e. The molecule has 0 aliphatic rings. The number of fused-ring (bicyclic) bond motifs is 1. The van der Waals surface area contributed by atoms with Gasteiger partial charge in [-0.3, -0.25) is 4.79 Å². The monoisotopic (exact) mass is 318 g/mol. The highest BCUT2D eigenvalue weighted by molar-refractivity contribution is 6.34. The van der Waals surface area contributed by atoms with Crippen LogP contribution in [-0.2, 0) is 7.05 Å². The molecule has 21 heavy (non-hydrogen) atoms. The van der Waals surface area contributed by atoms with Crippen LogP contribution in [-0.4, -0.2) is 10.5 Å². The highest BCUT2D eigenvalue weighted by Crippen LogP contribution is 2.25. The summed E-state index contributed by atoms with van der Waals surface area (Å²) in [6, 6.07) is 14.5. The Morgan fingerprint density at radius 2 is 1.86 bits per heavy atom. The molecule has 3 nitrogen and oxygen atoms in total. The summed E-state index contributed by atoms with van der Waals surface area (Å²) in [5.74, 6) is -0.210. The Morgan fingerprint density at radius 1 is 1.10 bits per heavy atom. The molecule has 0 fully saturated rings. The number of halogens is 2. The summed E-state index contributed by atoms with van der Waals surface area (Å²) in [6.07, 6.45) is 0. The number of aryl methyl sites for hydroxylation is 1. The smallest absolute Gasteiger partial charge is 0.272 e. The number of hydrogen-bond acceptors (Lipinski definition) is 1. The second kappa shape index (κ2) is 5.43. The molecule has 1 heterocycles. The maximum Gasteiger partial charge on any atom is 0.272 e. The molecule has 0 saturated carbocycles. The molecule has 5 heteroatoms. The Balaban J connectivity index is 1.99. The maximum atomic E-state index is 12.4. The lowest BCUT2D eigenvalue weighted by atomic mass is 10.2. The Kier molecular flexibility index (Phi) is 3.62. The molecule has 0 radical (unpaired) electrons. The highest BCUT2D eigenvalue weighted by Gasteiger charge is 2.14. The quantitative estimate of drug-likeness (QED) is 0.727. The SMILES string of the molecule is Cn1c(C(=O)Nc2ccccc2Cl)cc2ccc(Cl)cc21. The van der Waals surface area contributed by atoms with Gasteiger partial charge in [-0.25, -0.2) is 0 Å². The highest BCUT2D eigenvalue weighted by atomic mass is 35.5. The lowest BCUT2D eigenvalue weighted by Gasteiger charge is -2.08. The van der Waals surface area contributed by atoms with Crippen molar-refractivity contribution in [3.8, 4) is 0 Å². The molecular weight excluding hydrogens is 307 g/mol. The van der Waals surface area contributed by atoms with Crippen molar-refractivity contribution in [2.75, 3.05) is 5.32 Å². The molecule has 1 amide bonds. The van der Waals surface area contributed by atoms with Crippen LogP contribution in [0.4, 0.5) is 5.69 Å².